The van der Waals surface area contributed by atoms with Gasteiger partial charge in [-0.3, -0.25) is 4.79 Å². The van der Waals surface area contributed by atoms with Crippen LogP contribution in [0.15, 0.2) is 59.3 Å². The Morgan fingerprint density at radius 1 is 1.12 bits per heavy atom. The number of pyridine rings is 2. The van der Waals surface area contributed by atoms with Gasteiger partial charge in [-0.05, 0) is 25.1 Å². The van der Waals surface area contributed by atoms with E-state index in [1.807, 2.05) is 6.07 Å². The van der Waals surface area contributed by atoms with Crippen molar-refractivity contribution in [2.75, 3.05) is 12.4 Å². The van der Waals surface area contributed by atoms with Gasteiger partial charge < -0.3 is 19.7 Å². The molecule has 3 aromatic heterocycles. The van der Waals surface area contributed by atoms with Crippen LogP contribution in [0.4, 0.5) is 18.9 Å². The average Bonchev–Trinajstić information content (AvgIpc) is 3.21. The van der Waals surface area contributed by atoms with Crippen LogP contribution in [0.1, 0.15) is 21.7 Å². The molecule has 3 heterocycles. The second-order valence-corrected chi connectivity index (χ2v) is 7.13. The quantitative estimate of drug-likeness (QED) is 0.418. The number of nitrogens with zero attached hydrogens (tertiary/aromatic N) is 3. The number of hydrogen-bond donors (Lipinski definition) is 2. The van der Waals surface area contributed by atoms with Crippen LogP contribution in [0.5, 0.6) is 11.8 Å². The highest BCUT2D eigenvalue weighted by atomic mass is 19.4. The van der Waals surface area contributed by atoms with Crippen molar-refractivity contribution in [1.29, 1.82) is 0 Å². The van der Waals surface area contributed by atoms with Crippen LogP contribution < -0.4 is 10.1 Å². The SMILES string of the molecule is COc1nc(-c2cnc(O)c(C(F)(F)F)c2)ccc1NC(=O)c1c(-c2ccccc2)noc1C. The largest absolute Gasteiger partial charge is 0.493 e. The van der Waals surface area contributed by atoms with E-state index in [0.717, 1.165) is 12.3 Å². The number of carbonyl (C=O) groups is 1. The number of aromatic hydroxyl groups is 1. The van der Waals surface area contributed by atoms with Gasteiger partial charge in [0.2, 0.25) is 11.8 Å². The molecule has 4 rings (SSSR count). The standard InChI is InChI=1S/C23H17F3N4O4/c1-12-18(19(30-34-12)13-6-4-3-5-7-13)21(32)28-17-9-8-16(29-22(17)33-2)14-10-15(23(24,25)26)20(31)27-11-14/h3-11H,1-2H3,(H,27,31)(H,28,32). The van der Waals surface area contributed by atoms with E-state index in [-0.39, 0.29) is 28.4 Å². The molecule has 174 valence electrons. The first-order valence-electron chi connectivity index (χ1n) is 9.83. The third kappa shape index (κ3) is 4.40. The van der Waals surface area contributed by atoms with Crippen molar-refractivity contribution in [3.8, 4) is 34.3 Å². The van der Waals surface area contributed by atoms with Crippen molar-refractivity contribution in [2.24, 2.45) is 0 Å². The molecule has 0 radical (unpaired) electrons. The first-order chi connectivity index (χ1) is 16.2. The lowest BCUT2D eigenvalue weighted by molar-refractivity contribution is -0.139. The number of ether oxygens (including phenoxy) is 1. The Morgan fingerprint density at radius 2 is 1.85 bits per heavy atom. The molecule has 4 aromatic rings. The number of methoxy groups -OCH3 is 1. The highest BCUT2D eigenvalue weighted by Crippen LogP contribution is 2.37. The minimum Gasteiger partial charge on any atom is -0.493 e. The Morgan fingerprint density at radius 3 is 2.53 bits per heavy atom. The van der Waals surface area contributed by atoms with Gasteiger partial charge in [0.1, 0.15) is 28.3 Å². The van der Waals surface area contributed by atoms with E-state index in [1.165, 1.54) is 19.2 Å². The van der Waals surface area contributed by atoms with Crippen LogP contribution in [-0.2, 0) is 6.18 Å². The fourth-order valence-corrected chi connectivity index (χ4v) is 3.28. The topological polar surface area (TPSA) is 110 Å². The lowest BCUT2D eigenvalue weighted by Crippen LogP contribution is -2.14. The number of rotatable bonds is 5. The summed E-state index contributed by atoms with van der Waals surface area (Å²) in [6.07, 6.45) is -3.74. The molecule has 0 atom stereocenters. The molecule has 0 aliphatic rings. The average molecular weight is 470 g/mol. The minimum absolute atomic E-state index is 0.00236. The Kier molecular flexibility index (Phi) is 5.93. The van der Waals surface area contributed by atoms with Crippen molar-refractivity contribution in [3.63, 3.8) is 0 Å². The van der Waals surface area contributed by atoms with Gasteiger partial charge in [0, 0.05) is 17.3 Å². The molecule has 0 unspecified atom stereocenters. The van der Waals surface area contributed by atoms with Crippen molar-refractivity contribution < 1.29 is 32.3 Å². The number of amides is 1. The van der Waals surface area contributed by atoms with Gasteiger partial charge in [-0.15, -0.1) is 0 Å². The maximum absolute atomic E-state index is 13.1. The van der Waals surface area contributed by atoms with Gasteiger partial charge in [0.25, 0.3) is 5.91 Å². The zero-order valence-corrected chi connectivity index (χ0v) is 17.8. The van der Waals surface area contributed by atoms with Crippen molar-refractivity contribution in [2.45, 2.75) is 13.1 Å². The number of nitrogens with one attached hydrogen (secondary N) is 1. The molecule has 0 fully saturated rings. The number of aryl methyl sites for hydroxylation is 1. The molecule has 0 aliphatic heterocycles. The lowest BCUT2D eigenvalue weighted by Gasteiger charge is -2.13. The summed E-state index contributed by atoms with van der Waals surface area (Å²) in [5.74, 6) is -1.40. The molecular formula is C23H17F3N4O4. The molecule has 2 N–H and O–H groups in total. The van der Waals surface area contributed by atoms with Gasteiger partial charge in [0.15, 0.2) is 0 Å². The summed E-state index contributed by atoms with van der Waals surface area (Å²) in [5.41, 5.74) is 0.244. The highest BCUT2D eigenvalue weighted by molar-refractivity contribution is 6.09. The monoisotopic (exact) mass is 470 g/mol. The molecule has 0 saturated heterocycles. The van der Waals surface area contributed by atoms with E-state index < -0.39 is 23.5 Å². The smallest absolute Gasteiger partial charge is 0.421 e. The highest BCUT2D eigenvalue weighted by Gasteiger charge is 2.35. The molecule has 0 spiro atoms. The maximum Gasteiger partial charge on any atom is 0.421 e. The molecular weight excluding hydrogens is 453 g/mol. The number of carbonyl (C=O) groups excluding carboxylic acids is 1. The van der Waals surface area contributed by atoms with Crippen molar-refractivity contribution >= 4 is 11.6 Å². The van der Waals surface area contributed by atoms with E-state index in [1.54, 1.807) is 31.2 Å². The predicted molar refractivity (Wildman–Crippen MR) is 115 cm³/mol. The minimum atomic E-state index is -4.79. The van der Waals surface area contributed by atoms with Crippen LogP contribution in [0, 0.1) is 6.92 Å². The second kappa shape index (κ2) is 8.85. The Hall–Kier alpha value is -4.41. The molecule has 11 heteroatoms. The van der Waals surface area contributed by atoms with Gasteiger partial charge in [-0.2, -0.15) is 13.2 Å². The molecule has 0 saturated carbocycles. The molecule has 0 bridgehead atoms. The summed E-state index contributed by atoms with van der Waals surface area (Å²) >= 11 is 0. The van der Waals surface area contributed by atoms with Crippen LogP contribution in [0.25, 0.3) is 22.5 Å². The first-order valence-corrected chi connectivity index (χ1v) is 9.83. The van der Waals surface area contributed by atoms with E-state index in [4.69, 9.17) is 9.26 Å². The Balaban J connectivity index is 1.66. The summed E-state index contributed by atoms with van der Waals surface area (Å²) in [5, 5.41) is 16.1. The predicted octanol–water partition coefficient (Wildman–Crippen LogP) is 5.09. The normalized spacial score (nSPS) is 11.3. The van der Waals surface area contributed by atoms with Crippen LogP contribution in [-0.4, -0.2) is 33.2 Å². The number of aromatic nitrogens is 3. The first kappa shape index (κ1) is 22.8. The van der Waals surface area contributed by atoms with E-state index in [0.29, 0.717) is 17.0 Å². The number of benzene rings is 1. The number of anilines is 1. The third-order valence-electron chi connectivity index (χ3n) is 4.91. The second-order valence-electron chi connectivity index (χ2n) is 7.13. The molecule has 1 amide bonds. The van der Waals surface area contributed by atoms with Crippen LogP contribution in [0.3, 0.4) is 0 Å². The van der Waals surface area contributed by atoms with E-state index >= 15 is 0 Å². The number of halogens is 3. The fourth-order valence-electron chi connectivity index (χ4n) is 3.28. The zero-order valence-electron chi connectivity index (χ0n) is 17.8. The fraction of sp³-hybridized carbons (Fsp3) is 0.130. The summed E-state index contributed by atoms with van der Waals surface area (Å²) in [6, 6.07) is 12.6. The van der Waals surface area contributed by atoms with E-state index in [9.17, 15) is 23.1 Å². The summed E-state index contributed by atoms with van der Waals surface area (Å²) in [6.45, 7) is 1.60. The zero-order chi connectivity index (χ0) is 24.5. The van der Waals surface area contributed by atoms with Crippen molar-refractivity contribution in [1.82, 2.24) is 15.1 Å². The molecule has 0 aliphatic carbocycles. The summed E-state index contributed by atoms with van der Waals surface area (Å²) in [4.78, 5) is 20.6. The number of hydrogen-bond acceptors (Lipinski definition) is 7. The maximum atomic E-state index is 13.1. The summed E-state index contributed by atoms with van der Waals surface area (Å²) < 4.78 is 49.8. The Labute approximate surface area is 191 Å². The third-order valence-corrected chi connectivity index (χ3v) is 4.91. The number of alkyl halides is 3. The summed E-state index contributed by atoms with van der Waals surface area (Å²) in [7, 11) is 1.30. The Bertz CT molecular complexity index is 1350. The van der Waals surface area contributed by atoms with Crippen LogP contribution >= 0.6 is 0 Å². The van der Waals surface area contributed by atoms with E-state index in [2.05, 4.69) is 20.4 Å². The van der Waals surface area contributed by atoms with Gasteiger partial charge in [-0.25, -0.2) is 9.97 Å². The van der Waals surface area contributed by atoms with Crippen molar-refractivity contribution in [3.05, 3.63) is 71.6 Å². The molecule has 34 heavy (non-hydrogen) atoms. The van der Waals surface area contributed by atoms with Gasteiger partial charge in [0.05, 0.1) is 12.8 Å². The van der Waals surface area contributed by atoms with Crippen LogP contribution in [0.2, 0.25) is 0 Å². The molecule has 8 nitrogen and oxygen atoms in total. The lowest BCUT2D eigenvalue weighted by atomic mass is 10.1. The van der Waals surface area contributed by atoms with Gasteiger partial charge >= 0.3 is 6.18 Å². The molecule has 1 aromatic carbocycles. The van der Waals surface area contributed by atoms with Gasteiger partial charge in [-0.1, -0.05) is 35.5 Å².